The molecule has 0 aliphatic carbocycles. The lowest BCUT2D eigenvalue weighted by Gasteiger charge is -2.08. The van der Waals surface area contributed by atoms with Crippen molar-refractivity contribution in [1.29, 1.82) is 0 Å². The maximum Gasteiger partial charge on any atom is 0.340 e. The van der Waals surface area contributed by atoms with Gasteiger partial charge in [-0.1, -0.05) is 11.6 Å². The van der Waals surface area contributed by atoms with Crippen molar-refractivity contribution < 1.29 is 28.6 Å². The predicted octanol–water partition coefficient (Wildman–Crippen LogP) is 3.09. The molecule has 10 nitrogen and oxygen atoms in total. The molecule has 0 fully saturated rings. The number of carbonyl (C=O) groups excluding carboxylic acids is 2. The van der Waals surface area contributed by atoms with Gasteiger partial charge in [0, 0.05) is 24.3 Å². The first-order valence-electron chi connectivity index (χ1n) is 7.04. The lowest BCUT2D eigenvalue weighted by atomic mass is 10.2. The van der Waals surface area contributed by atoms with Crippen LogP contribution in [0.15, 0.2) is 36.4 Å². The highest BCUT2D eigenvalue weighted by molar-refractivity contribution is 6.33. The largest absolute Gasteiger partial charge is 0.452 e. The van der Waals surface area contributed by atoms with E-state index in [1.54, 1.807) is 0 Å². The van der Waals surface area contributed by atoms with Gasteiger partial charge in [-0.05, 0) is 12.1 Å². The van der Waals surface area contributed by atoms with Crippen LogP contribution in [0.2, 0.25) is 5.02 Å². The van der Waals surface area contributed by atoms with Crippen molar-refractivity contribution in [2.24, 2.45) is 0 Å². The van der Waals surface area contributed by atoms with Crippen LogP contribution in [-0.4, -0.2) is 28.3 Å². The number of amides is 1. The number of ether oxygens (including phenoxy) is 1. The number of halogens is 2. The van der Waals surface area contributed by atoms with Crippen LogP contribution in [0.3, 0.4) is 0 Å². The van der Waals surface area contributed by atoms with Crippen molar-refractivity contribution in [3.63, 3.8) is 0 Å². The molecule has 0 atom stereocenters. The monoisotopic (exact) mass is 397 g/mol. The molecular weight excluding hydrogens is 389 g/mol. The summed E-state index contributed by atoms with van der Waals surface area (Å²) in [6.45, 7) is -0.875. The number of nitro groups is 2. The van der Waals surface area contributed by atoms with E-state index in [0.29, 0.717) is 0 Å². The van der Waals surface area contributed by atoms with Crippen molar-refractivity contribution >= 4 is 40.5 Å². The SMILES string of the molecule is O=C(COC(=O)c1cc([N+](=O)[O-])ccc1Cl)Nc1cc([N+](=O)[O-])ccc1F. The lowest BCUT2D eigenvalue weighted by molar-refractivity contribution is -0.385. The molecule has 140 valence electrons. The number of non-ortho nitro benzene ring substituents is 2. The van der Waals surface area contributed by atoms with E-state index in [9.17, 15) is 34.2 Å². The van der Waals surface area contributed by atoms with Crippen molar-refractivity contribution in [1.82, 2.24) is 0 Å². The molecule has 0 aliphatic heterocycles. The van der Waals surface area contributed by atoms with Gasteiger partial charge < -0.3 is 10.1 Å². The summed E-state index contributed by atoms with van der Waals surface area (Å²) in [5.74, 6) is -3.02. The molecule has 0 saturated heterocycles. The minimum Gasteiger partial charge on any atom is -0.452 e. The van der Waals surface area contributed by atoms with Gasteiger partial charge in [-0.15, -0.1) is 0 Å². The van der Waals surface area contributed by atoms with E-state index >= 15 is 0 Å². The van der Waals surface area contributed by atoms with E-state index in [4.69, 9.17) is 11.6 Å². The normalized spacial score (nSPS) is 10.1. The first kappa shape index (κ1) is 19.7. The van der Waals surface area contributed by atoms with Crippen LogP contribution in [0.5, 0.6) is 0 Å². The molecule has 27 heavy (non-hydrogen) atoms. The van der Waals surface area contributed by atoms with E-state index in [1.807, 2.05) is 5.32 Å². The Morgan fingerprint density at radius 1 is 1.07 bits per heavy atom. The second kappa shape index (κ2) is 8.19. The molecule has 1 amide bonds. The zero-order valence-electron chi connectivity index (χ0n) is 13.2. The third kappa shape index (κ3) is 4.95. The van der Waals surface area contributed by atoms with E-state index in [-0.39, 0.29) is 10.6 Å². The van der Waals surface area contributed by atoms with Crippen LogP contribution in [0.1, 0.15) is 10.4 Å². The molecule has 12 heteroatoms. The molecule has 0 saturated carbocycles. The third-order valence-corrected chi connectivity index (χ3v) is 3.48. The van der Waals surface area contributed by atoms with Gasteiger partial charge in [-0.3, -0.25) is 25.0 Å². The van der Waals surface area contributed by atoms with E-state index < -0.39 is 51.2 Å². The van der Waals surface area contributed by atoms with Crippen LogP contribution in [-0.2, 0) is 9.53 Å². The standard InChI is InChI=1S/C15H9ClFN3O7/c16-11-3-1-8(19(23)24)5-10(11)15(22)27-7-14(21)18-13-6-9(20(25)26)2-4-12(13)17/h1-6H,7H2,(H,18,21). The Morgan fingerprint density at radius 3 is 2.30 bits per heavy atom. The first-order valence-corrected chi connectivity index (χ1v) is 7.41. The molecule has 0 bridgehead atoms. The Balaban J connectivity index is 2.05. The minimum absolute atomic E-state index is 0.129. The van der Waals surface area contributed by atoms with Crippen molar-refractivity contribution in [2.75, 3.05) is 11.9 Å². The summed E-state index contributed by atoms with van der Waals surface area (Å²) in [4.78, 5) is 43.6. The summed E-state index contributed by atoms with van der Waals surface area (Å²) >= 11 is 5.77. The van der Waals surface area contributed by atoms with Crippen molar-refractivity contribution in [3.05, 3.63) is 73.0 Å². The van der Waals surface area contributed by atoms with Gasteiger partial charge in [0.2, 0.25) is 0 Å². The van der Waals surface area contributed by atoms with Gasteiger partial charge in [0.05, 0.1) is 26.1 Å². The number of nitrogens with one attached hydrogen (secondary N) is 1. The summed E-state index contributed by atoms with van der Waals surface area (Å²) in [6, 6.07) is 5.58. The topological polar surface area (TPSA) is 142 Å². The summed E-state index contributed by atoms with van der Waals surface area (Å²) in [5, 5.41) is 23.3. The van der Waals surface area contributed by atoms with E-state index in [0.717, 1.165) is 36.4 Å². The Morgan fingerprint density at radius 2 is 1.67 bits per heavy atom. The van der Waals surface area contributed by atoms with Crippen LogP contribution < -0.4 is 5.32 Å². The maximum absolute atomic E-state index is 13.6. The molecule has 1 N–H and O–H groups in total. The number of anilines is 1. The number of carbonyl (C=O) groups is 2. The lowest BCUT2D eigenvalue weighted by Crippen LogP contribution is -2.21. The highest BCUT2D eigenvalue weighted by Crippen LogP contribution is 2.23. The Kier molecular flexibility index (Phi) is 5.98. The van der Waals surface area contributed by atoms with Gasteiger partial charge in [-0.25, -0.2) is 9.18 Å². The highest BCUT2D eigenvalue weighted by atomic mass is 35.5. The number of nitro benzene ring substituents is 2. The number of benzene rings is 2. The number of nitrogens with zero attached hydrogens (tertiary/aromatic N) is 2. The molecule has 0 aromatic heterocycles. The highest BCUT2D eigenvalue weighted by Gasteiger charge is 2.19. The molecule has 0 radical (unpaired) electrons. The van der Waals surface area contributed by atoms with Gasteiger partial charge in [0.1, 0.15) is 5.82 Å². The number of hydrogen-bond acceptors (Lipinski definition) is 7. The van der Waals surface area contributed by atoms with Gasteiger partial charge in [0.15, 0.2) is 6.61 Å². The number of hydrogen-bond donors (Lipinski definition) is 1. The zero-order valence-corrected chi connectivity index (χ0v) is 13.9. The van der Waals surface area contributed by atoms with Crippen LogP contribution in [0, 0.1) is 26.0 Å². The summed E-state index contributed by atoms with van der Waals surface area (Å²) in [6.07, 6.45) is 0. The van der Waals surface area contributed by atoms with E-state index in [1.165, 1.54) is 0 Å². The quantitative estimate of drug-likeness (QED) is 0.448. The average molecular weight is 398 g/mol. The third-order valence-electron chi connectivity index (χ3n) is 3.15. The molecule has 2 aromatic rings. The van der Waals surface area contributed by atoms with Crippen LogP contribution >= 0.6 is 11.6 Å². The smallest absolute Gasteiger partial charge is 0.340 e. The summed E-state index contributed by atoms with van der Waals surface area (Å²) in [5.41, 5.74) is -1.67. The fourth-order valence-corrected chi connectivity index (χ4v) is 2.10. The predicted molar refractivity (Wildman–Crippen MR) is 90.1 cm³/mol. The second-order valence-corrected chi connectivity index (χ2v) is 5.37. The molecule has 0 heterocycles. The van der Waals surface area contributed by atoms with Crippen molar-refractivity contribution in [2.45, 2.75) is 0 Å². The van der Waals surface area contributed by atoms with Gasteiger partial charge >= 0.3 is 5.97 Å². The molecule has 2 rings (SSSR count). The second-order valence-electron chi connectivity index (χ2n) is 4.97. The molecule has 2 aromatic carbocycles. The fraction of sp³-hybridized carbons (Fsp3) is 0.0667. The number of esters is 1. The van der Waals surface area contributed by atoms with Crippen LogP contribution in [0.25, 0.3) is 0 Å². The number of rotatable bonds is 6. The molecule has 0 aliphatic rings. The summed E-state index contributed by atoms with van der Waals surface area (Å²) < 4.78 is 18.3. The van der Waals surface area contributed by atoms with E-state index in [2.05, 4.69) is 4.74 Å². The minimum atomic E-state index is -1.11. The molecular formula is C15H9ClFN3O7. The molecule has 0 unspecified atom stereocenters. The first-order chi connectivity index (χ1) is 12.7. The zero-order chi connectivity index (χ0) is 20.1. The van der Waals surface area contributed by atoms with Crippen LogP contribution in [0.4, 0.5) is 21.5 Å². The summed E-state index contributed by atoms with van der Waals surface area (Å²) in [7, 11) is 0. The molecule has 0 spiro atoms. The van der Waals surface area contributed by atoms with Gasteiger partial charge in [-0.2, -0.15) is 0 Å². The van der Waals surface area contributed by atoms with Gasteiger partial charge in [0.25, 0.3) is 17.3 Å². The maximum atomic E-state index is 13.6. The van der Waals surface area contributed by atoms with Crippen molar-refractivity contribution in [3.8, 4) is 0 Å². The fourth-order valence-electron chi connectivity index (χ4n) is 1.90. The Bertz CT molecular complexity index is 951. The Hall–Kier alpha value is -3.60. The average Bonchev–Trinajstić information content (AvgIpc) is 2.61. The Labute approximate surface area is 154 Å².